The molecular weight excluding hydrogens is 206 g/mol. The van der Waals surface area contributed by atoms with Crippen molar-refractivity contribution in [1.82, 2.24) is 0 Å². The predicted molar refractivity (Wildman–Crippen MR) is 64.8 cm³/mol. The summed E-state index contributed by atoms with van der Waals surface area (Å²) in [6.07, 6.45) is 5.83. The minimum Gasteiger partial charge on any atom is -0.469 e. The van der Waals surface area contributed by atoms with Crippen LogP contribution in [0.3, 0.4) is 0 Å². The molecule has 0 saturated heterocycles. The number of amides is 1. The molecule has 0 spiro atoms. The van der Waals surface area contributed by atoms with Crippen molar-refractivity contribution in [2.24, 2.45) is 11.7 Å². The first-order valence-corrected chi connectivity index (χ1v) is 5.79. The van der Waals surface area contributed by atoms with Gasteiger partial charge in [0.15, 0.2) is 0 Å². The lowest BCUT2D eigenvalue weighted by Gasteiger charge is -2.05. The van der Waals surface area contributed by atoms with Crippen LogP contribution in [0.2, 0.25) is 0 Å². The van der Waals surface area contributed by atoms with E-state index in [1.54, 1.807) is 0 Å². The number of esters is 1. The minimum atomic E-state index is -0.245. The van der Waals surface area contributed by atoms with Gasteiger partial charge in [0, 0.05) is 12.8 Å². The van der Waals surface area contributed by atoms with E-state index in [4.69, 9.17) is 5.73 Å². The van der Waals surface area contributed by atoms with Crippen molar-refractivity contribution >= 4 is 11.9 Å². The highest BCUT2D eigenvalue weighted by atomic mass is 16.5. The van der Waals surface area contributed by atoms with E-state index in [1.165, 1.54) is 33.3 Å². The SMILES string of the molecule is CCCCCCC(C)C(N)=O.COC(C)=O. The molecule has 0 aromatic heterocycles. The molecule has 0 radical (unpaired) electrons. The Morgan fingerprint density at radius 1 is 1.25 bits per heavy atom. The molecule has 2 N–H and O–H groups in total. The highest BCUT2D eigenvalue weighted by molar-refractivity contribution is 5.76. The van der Waals surface area contributed by atoms with Gasteiger partial charge in [0.2, 0.25) is 5.91 Å². The van der Waals surface area contributed by atoms with Crippen molar-refractivity contribution in [2.75, 3.05) is 7.11 Å². The van der Waals surface area contributed by atoms with E-state index >= 15 is 0 Å². The van der Waals surface area contributed by atoms with Crippen molar-refractivity contribution in [1.29, 1.82) is 0 Å². The van der Waals surface area contributed by atoms with Crippen LogP contribution in [-0.2, 0) is 14.3 Å². The maximum Gasteiger partial charge on any atom is 0.302 e. The topological polar surface area (TPSA) is 69.4 Å². The van der Waals surface area contributed by atoms with Crippen molar-refractivity contribution in [2.45, 2.75) is 52.9 Å². The quantitative estimate of drug-likeness (QED) is 0.563. The number of carbonyl (C=O) groups is 2. The second-order valence-electron chi connectivity index (χ2n) is 3.85. The lowest BCUT2D eigenvalue weighted by Crippen LogP contribution is -2.20. The van der Waals surface area contributed by atoms with E-state index in [0.29, 0.717) is 0 Å². The number of primary amides is 1. The Morgan fingerprint density at radius 3 is 2.06 bits per heavy atom. The number of rotatable bonds is 6. The predicted octanol–water partition coefficient (Wildman–Crippen LogP) is 2.26. The molecule has 0 bridgehead atoms. The normalized spacial score (nSPS) is 11.0. The molecule has 0 aromatic carbocycles. The van der Waals surface area contributed by atoms with Gasteiger partial charge in [-0.2, -0.15) is 0 Å². The van der Waals surface area contributed by atoms with Gasteiger partial charge >= 0.3 is 5.97 Å². The molecule has 1 atom stereocenters. The molecule has 0 aliphatic rings. The first-order chi connectivity index (χ1) is 7.45. The third kappa shape index (κ3) is 15.4. The summed E-state index contributed by atoms with van der Waals surface area (Å²) in [4.78, 5) is 20.2. The van der Waals surface area contributed by atoms with Crippen molar-refractivity contribution in [3.8, 4) is 0 Å². The fraction of sp³-hybridized carbons (Fsp3) is 0.833. The molecular formula is C12H25NO3. The van der Waals surface area contributed by atoms with E-state index in [-0.39, 0.29) is 17.8 Å². The van der Waals surface area contributed by atoms with Gasteiger partial charge in [0.05, 0.1) is 7.11 Å². The number of hydrogen-bond acceptors (Lipinski definition) is 3. The maximum absolute atomic E-state index is 10.6. The minimum absolute atomic E-state index is 0.0619. The molecule has 0 aromatic rings. The summed E-state index contributed by atoms with van der Waals surface area (Å²) in [5.74, 6) is -0.349. The van der Waals surface area contributed by atoms with Crippen molar-refractivity contribution < 1.29 is 14.3 Å². The molecule has 0 rings (SSSR count). The summed E-state index contributed by atoms with van der Waals surface area (Å²) < 4.78 is 4.11. The van der Waals surface area contributed by atoms with Crippen LogP contribution in [0.1, 0.15) is 52.9 Å². The monoisotopic (exact) mass is 231 g/mol. The Morgan fingerprint density at radius 2 is 1.75 bits per heavy atom. The van der Waals surface area contributed by atoms with Crippen LogP contribution < -0.4 is 5.73 Å². The van der Waals surface area contributed by atoms with Crippen LogP contribution in [0.5, 0.6) is 0 Å². The second kappa shape index (κ2) is 12.0. The van der Waals surface area contributed by atoms with Gasteiger partial charge in [-0.3, -0.25) is 9.59 Å². The van der Waals surface area contributed by atoms with Crippen LogP contribution >= 0.6 is 0 Å². The lowest BCUT2D eigenvalue weighted by molar-refractivity contribution is -0.137. The van der Waals surface area contributed by atoms with E-state index in [1.807, 2.05) is 6.92 Å². The number of hydrogen-bond donors (Lipinski definition) is 1. The standard InChI is InChI=1S/C9H19NO.C3H6O2/c1-3-4-5-6-7-8(2)9(10)11;1-3(4)5-2/h8H,3-7H2,1-2H3,(H2,10,11);1-2H3. The van der Waals surface area contributed by atoms with Gasteiger partial charge in [-0.05, 0) is 6.42 Å². The molecule has 4 heteroatoms. The van der Waals surface area contributed by atoms with Gasteiger partial charge in [0.25, 0.3) is 0 Å². The van der Waals surface area contributed by atoms with Crippen LogP contribution in [0.25, 0.3) is 0 Å². The summed E-state index contributed by atoms with van der Waals surface area (Å²) in [5, 5.41) is 0. The number of unbranched alkanes of at least 4 members (excludes halogenated alkanes) is 3. The number of ether oxygens (including phenoxy) is 1. The molecule has 4 nitrogen and oxygen atoms in total. The highest BCUT2D eigenvalue weighted by Crippen LogP contribution is 2.09. The fourth-order valence-corrected chi connectivity index (χ4v) is 1.02. The zero-order chi connectivity index (χ0) is 13.0. The summed E-state index contributed by atoms with van der Waals surface area (Å²) in [6, 6.07) is 0. The van der Waals surface area contributed by atoms with Crippen LogP contribution in [0.4, 0.5) is 0 Å². The molecule has 0 heterocycles. The lowest BCUT2D eigenvalue weighted by atomic mass is 10.0. The van der Waals surface area contributed by atoms with E-state index in [2.05, 4.69) is 11.7 Å². The van der Waals surface area contributed by atoms with Crippen molar-refractivity contribution in [3.05, 3.63) is 0 Å². The second-order valence-corrected chi connectivity index (χ2v) is 3.85. The molecule has 0 aliphatic carbocycles. The molecule has 1 unspecified atom stereocenters. The average molecular weight is 231 g/mol. The third-order valence-corrected chi connectivity index (χ3v) is 2.26. The fourth-order valence-electron chi connectivity index (χ4n) is 1.02. The Bertz CT molecular complexity index is 193. The third-order valence-electron chi connectivity index (χ3n) is 2.26. The van der Waals surface area contributed by atoms with Crippen LogP contribution in [-0.4, -0.2) is 19.0 Å². The number of nitrogens with two attached hydrogens (primary N) is 1. The summed E-state index contributed by atoms with van der Waals surface area (Å²) >= 11 is 0. The van der Waals surface area contributed by atoms with Crippen LogP contribution in [0, 0.1) is 5.92 Å². The Hall–Kier alpha value is -1.06. The Labute approximate surface area is 98.5 Å². The van der Waals surface area contributed by atoms with E-state index < -0.39 is 0 Å². The Kier molecular flexibility index (Phi) is 13.0. The average Bonchev–Trinajstić information content (AvgIpc) is 2.24. The van der Waals surface area contributed by atoms with Gasteiger partial charge in [0.1, 0.15) is 0 Å². The maximum atomic E-state index is 10.6. The number of carbonyl (C=O) groups excluding carboxylic acids is 2. The molecule has 1 amide bonds. The van der Waals surface area contributed by atoms with Gasteiger partial charge in [-0.25, -0.2) is 0 Å². The summed E-state index contributed by atoms with van der Waals surface area (Å²) in [5.41, 5.74) is 5.11. The highest BCUT2D eigenvalue weighted by Gasteiger charge is 2.06. The van der Waals surface area contributed by atoms with Gasteiger partial charge < -0.3 is 10.5 Å². The van der Waals surface area contributed by atoms with Crippen LogP contribution in [0.15, 0.2) is 0 Å². The van der Waals surface area contributed by atoms with Gasteiger partial charge in [-0.15, -0.1) is 0 Å². The van der Waals surface area contributed by atoms with E-state index in [9.17, 15) is 9.59 Å². The molecule has 0 aliphatic heterocycles. The first-order valence-electron chi connectivity index (χ1n) is 5.79. The van der Waals surface area contributed by atoms with Crippen molar-refractivity contribution in [3.63, 3.8) is 0 Å². The summed E-state index contributed by atoms with van der Waals surface area (Å²) in [7, 11) is 1.35. The largest absolute Gasteiger partial charge is 0.469 e. The Balaban J connectivity index is 0. The molecule has 0 saturated carbocycles. The molecule has 0 fully saturated rings. The molecule has 96 valence electrons. The zero-order valence-electron chi connectivity index (χ0n) is 10.9. The first kappa shape index (κ1) is 17.3. The van der Waals surface area contributed by atoms with E-state index in [0.717, 1.165) is 12.8 Å². The summed E-state index contributed by atoms with van der Waals surface area (Å²) in [6.45, 7) is 5.44. The van der Waals surface area contributed by atoms with Gasteiger partial charge in [-0.1, -0.05) is 39.5 Å². The molecule has 16 heavy (non-hydrogen) atoms. The smallest absolute Gasteiger partial charge is 0.302 e. The zero-order valence-corrected chi connectivity index (χ0v) is 10.9. The number of methoxy groups -OCH3 is 1.